The Kier molecular flexibility index (Phi) is 6.12. The zero-order valence-electron chi connectivity index (χ0n) is 15.0. The molecule has 0 heterocycles. The highest BCUT2D eigenvalue weighted by Crippen LogP contribution is 2.22. The zero-order valence-corrected chi connectivity index (χ0v) is 15.0. The first-order valence-corrected chi connectivity index (χ1v) is 8.18. The van der Waals surface area contributed by atoms with Crippen molar-refractivity contribution in [2.24, 2.45) is 5.10 Å². The maximum absolute atomic E-state index is 12.2. The number of nitrogens with one attached hydrogen (secondary N) is 1. The minimum Gasteiger partial charge on any atom is -0.489 e. The molecule has 0 aliphatic carbocycles. The number of carbonyl (C=O) groups excluding carboxylic acids is 1. The summed E-state index contributed by atoms with van der Waals surface area (Å²) >= 11 is 0. The monoisotopic (exact) mass is 336 g/mol. The molecule has 0 saturated carbocycles. The van der Waals surface area contributed by atoms with Gasteiger partial charge in [0.05, 0.1) is 6.21 Å². The zero-order chi connectivity index (χ0) is 18.3. The summed E-state index contributed by atoms with van der Waals surface area (Å²) < 4.78 is 5.55. The first-order chi connectivity index (χ1) is 11.9. The summed E-state index contributed by atoms with van der Waals surface area (Å²) in [6, 6.07) is 15.0. The van der Waals surface area contributed by atoms with Crippen LogP contribution in [0.15, 0.2) is 66.3 Å². The molecule has 2 aromatic carbocycles. The van der Waals surface area contributed by atoms with Crippen LogP contribution in [0.2, 0.25) is 0 Å². The van der Waals surface area contributed by atoms with Gasteiger partial charge in [0.1, 0.15) is 12.4 Å². The van der Waals surface area contributed by atoms with E-state index in [0.717, 1.165) is 5.56 Å². The first kappa shape index (κ1) is 18.5. The molecular formula is C21H24N2O2. The van der Waals surface area contributed by atoms with Gasteiger partial charge in [0.25, 0.3) is 5.91 Å². The van der Waals surface area contributed by atoms with Crippen molar-refractivity contribution in [2.45, 2.75) is 26.2 Å². The van der Waals surface area contributed by atoms with Gasteiger partial charge in [0, 0.05) is 11.1 Å². The van der Waals surface area contributed by atoms with E-state index >= 15 is 0 Å². The van der Waals surface area contributed by atoms with Crippen molar-refractivity contribution < 1.29 is 9.53 Å². The van der Waals surface area contributed by atoms with Gasteiger partial charge in [-0.3, -0.25) is 4.79 Å². The fraction of sp³-hybridized carbons (Fsp3) is 0.238. The van der Waals surface area contributed by atoms with Crippen LogP contribution in [0.4, 0.5) is 0 Å². The van der Waals surface area contributed by atoms with E-state index in [1.54, 1.807) is 12.3 Å². The van der Waals surface area contributed by atoms with E-state index in [2.05, 4.69) is 37.9 Å². The van der Waals surface area contributed by atoms with Crippen LogP contribution in [0.5, 0.6) is 5.75 Å². The van der Waals surface area contributed by atoms with E-state index in [-0.39, 0.29) is 11.3 Å². The largest absolute Gasteiger partial charge is 0.489 e. The average molecular weight is 336 g/mol. The molecule has 4 heteroatoms. The van der Waals surface area contributed by atoms with Crippen molar-refractivity contribution >= 4 is 12.1 Å². The fourth-order valence-corrected chi connectivity index (χ4v) is 2.21. The summed E-state index contributed by atoms with van der Waals surface area (Å²) in [5, 5.41) is 4.03. The number of nitrogens with zero attached hydrogens (tertiary/aromatic N) is 1. The minimum atomic E-state index is -0.249. The Morgan fingerprint density at radius 2 is 1.84 bits per heavy atom. The lowest BCUT2D eigenvalue weighted by molar-refractivity contribution is 0.0955. The molecule has 1 N–H and O–H groups in total. The number of amides is 1. The van der Waals surface area contributed by atoms with Crippen LogP contribution in [-0.2, 0) is 5.41 Å². The van der Waals surface area contributed by atoms with Crippen LogP contribution in [-0.4, -0.2) is 18.7 Å². The highest BCUT2D eigenvalue weighted by atomic mass is 16.5. The van der Waals surface area contributed by atoms with Gasteiger partial charge in [-0.2, -0.15) is 5.10 Å². The topological polar surface area (TPSA) is 50.7 Å². The van der Waals surface area contributed by atoms with E-state index < -0.39 is 0 Å². The van der Waals surface area contributed by atoms with Crippen LogP contribution < -0.4 is 10.2 Å². The Balaban J connectivity index is 2.02. The number of carbonyl (C=O) groups is 1. The van der Waals surface area contributed by atoms with Gasteiger partial charge >= 0.3 is 0 Å². The van der Waals surface area contributed by atoms with Gasteiger partial charge in [-0.25, -0.2) is 5.43 Å². The van der Waals surface area contributed by atoms with Crippen molar-refractivity contribution in [3.05, 3.63) is 77.9 Å². The van der Waals surface area contributed by atoms with E-state index in [0.29, 0.717) is 17.9 Å². The first-order valence-electron chi connectivity index (χ1n) is 8.18. The summed E-state index contributed by atoms with van der Waals surface area (Å²) in [6.45, 7) is 10.5. The third-order valence-electron chi connectivity index (χ3n) is 3.66. The molecule has 0 aromatic heterocycles. The summed E-state index contributed by atoms with van der Waals surface area (Å²) in [6.07, 6.45) is 3.25. The molecule has 2 rings (SSSR count). The van der Waals surface area contributed by atoms with Crippen LogP contribution >= 0.6 is 0 Å². The summed E-state index contributed by atoms with van der Waals surface area (Å²) in [5.74, 6) is 0.441. The lowest BCUT2D eigenvalue weighted by Gasteiger charge is -2.18. The molecule has 0 saturated heterocycles. The fourth-order valence-electron chi connectivity index (χ4n) is 2.21. The SMILES string of the molecule is C=CCOc1ccccc1/C=N/NC(=O)c1ccc(C(C)(C)C)cc1. The second-order valence-electron chi connectivity index (χ2n) is 6.66. The van der Waals surface area contributed by atoms with Crippen molar-refractivity contribution in [1.29, 1.82) is 0 Å². The van der Waals surface area contributed by atoms with E-state index in [4.69, 9.17) is 4.74 Å². The summed E-state index contributed by atoms with van der Waals surface area (Å²) in [5.41, 5.74) is 5.14. The number of hydrogen-bond donors (Lipinski definition) is 1. The maximum Gasteiger partial charge on any atom is 0.271 e. The Morgan fingerprint density at radius 3 is 2.48 bits per heavy atom. The normalized spacial score (nSPS) is 11.3. The van der Waals surface area contributed by atoms with Gasteiger partial charge in [-0.1, -0.05) is 57.7 Å². The van der Waals surface area contributed by atoms with Gasteiger partial charge in [0.15, 0.2) is 0 Å². The molecule has 0 radical (unpaired) electrons. The second kappa shape index (κ2) is 8.29. The predicted octanol–water partition coefficient (Wildman–Crippen LogP) is 4.31. The number of rotatable bonds is 6. The van der Waals surface area contributed by atoms with Gasteiger partial charge in [-0.05, 0) is 35.2 Å². The maximum atomic E-state index is 12.2. The molecular weight excluding hydrogens is 312 g/mol. The standard InChI is InChI=1S/C21H24N2O2/c1-5-14-25-19-9-7-6-8-17(19)15-22-23-20(24)16-10-12-18(13-11-16)21(2,3)4/h5-13,15H,1,14H2,2-4H3,(H,23,24)/b22-15+. The third-order valence-corrected chi connectivity index (χ3v) is 3.66. The number of hydrogen-bond acceptors (Lipinski definition) is 3. The van der Waals surface area contributed by atoms with Crippen molar-refractivity contribution in [3.63, 3.8) is 0 Å². The van der Waals surface area contributed by atoms with Crippen LogP contribution in [0, 0.1) is 0 Å². The number of hydrazone groups is 1. The molecule has 130 valence electrons. The Hall–Kier alpha value is -2.88. The molecule has 0 bridgehead atoms. The Morgan fingerprint density at radius 1 is 1.16 bits per heavy atom. The highest BCUT2D eigenvalue weighted by molar-refractivity contribution is 5.95. The molecule has 0 unspecified atom stereocenters. The molecule has 2 aromatic rings. The van der Waals surface area contributed by atoms with Gasteiger partial charge in [0.2, 0.25) is 0 Å². The molecule has 4 nitrogen and oxygen atoms in total. The van der Waals surface area contributed by atoms with E-state index in [1.807, 2.05) is 48.5 Å². The van der Waals surface area contributed by atoms with Crippen molar-refractivity contribution in [1.82, 2.24) is 5.43 Å². The quantitative estimate of drug-likeness (QED) is 0.485. The second-order valence-corrected chi connectivity index (χ2v) is 6.66. The lowest BCUT2D eigenvalue weighted by atomic mass is 9.87. The average Bonchev–Trinajstić information content (AvgIpc) is 2.60. The molecule has 25 heavy (non-hydrogen) atoms. The smallest absolute Gasteiger partial charge is 0.271 e. The summed E-state index contributed by atoms with van der Waals surface area (Å²) in [7, 11) is 0. The molecule has 1 amide bonds. The van der Waals surface area contributed by atoms with Crippen molar-refractivity contribution in [3.8, 4) is 5.75 Å². The van der Waals surface area contributed by atoms with Crippen LogP contribution in [0.25, 0.3) is 0 Å². The highest BCUT2D eigenvalue weighted by Gasteiger charge is 2.14. The van der Waals surface area contributed by atoms with Gasteiger partial charge in [-0.15, -0.1) is 0 Å². The van der Waals surface area contributed by atoms with Crippen LogP contribution in [0.3, 0.4) is 0 Å². The molecule has 0 spiro atoms. The lowest BCUT2D eigenvalue weighted by Crippen LogP contribution is -2.18. The summed E-state index contributed by atoms with van der Waals surface area (Å²) in [4.78, 5) is 12.2. The van der Waals surface area contributed by atoms with E-state index in [9.17, 15) is 4.79 Å². The number of ether oxygens (including phenoxy) is 1. The number of benzene rings is 2. The third kappa shape index (κ3) is 5.31. The molecule has 0 fully saturated rings. The van der Waals surface area contributed by atoms with Crippen LogP contribution in [0.1, 0.15) is 42.3 Å². The molecule has 0 aliphatic heterocycles. The number of para-hydroxylation sites is 1. The van der Waals surface area contributed by atoms with E-state index in [1.165, 1.54) is 5.56 Å². The Bertz CT molecular complexity index is 756. The van der Waals surface area contributed by atoms with Crippen molar-refractivity contribution in [2.75, 3.05) is 6.61 Å². The van der Waals surface area contributed by atoms with Gasteiger partial charge < -0.3 is 4.74 Å². The molecule has 0 aliphatic rings. The minimum absolute atomic E-state index is 0.0578. The Labute approximate surface area is 149 Å². The predicted molar refractivity (Wildman–Crippen MR) is 102 cm³/mol. The molecule has 0 atom stereocenters.